The zero-order valence-corrected chi connectivity index (χ0v) is 14.2. The molecule has 1 aliphatic carbocycles. The van der Waals surface area contributed by atoms with E-state index in [0.717, 1.165) is 24.8 Å². The third-order valence-electron chi connectivity index (χ3n) is 3.66. The third-order valence-corrected chi connectivity index (χ3v) is 4.63. The maximum Gasteiger partial charge on any atom is 0.419 e. The number of rotatable bonds is 3. The molecule has 1 aromatic carbocycles. The van der Waals surface area contributed by atoms with Gasteiger partial charge in [-0.1, -0.05) is 0 Å². The molecule has 1 atom stereocenters. The van der Waals surface area contributed by atoms with E-state index in [4.69, 9.17) is 0 Å². The lowest BCUT2D eigenvalue weighted by Crippen LogP contribution is -2.29. The molecule has 0 fully saturated rings. The summed E-state index contributed by atoms with van der Waals surface area (Å²) in [6.07, 6.45) is -1.59. The first-order chi connectivity index (χ1) is 12.6. The lowest BCUT2D eigenvalue weighted by Gasteiger charge is -2.20. The molecule has 0 bridgehead atoms. The molecule has 1 unspecified atom stereocenters. The lowest BCUT2D eigenvalue weighted by molar-refractivity contribution is -0.139. The molecule has 3 rings (SSSR count). The van der Waals surface area contributed by atoms with Crippen LogP contribution in [0, 0.1) is 5.82 Å². The normalized spacial score (nSPS) is 15.6. The number of nitrogens with one attached hydrogen (secondary N) is 1. The number of ketones is 2. The van der Waals surface area contributed by atoms with Crippen molar-refractivity contribution >= 4 is 28.1 Å². The van der Waals surface area contributed by atoms with Gasteiger partial charge in [-0.25, -0.2) is 14.4 Å². The summed E-state index contributed by atoms with van der Waals surface area (Å²) < 4.78 is 63.7. The fraction of sp³-hybridized carbons (Fsp3) is 0.125. The Morgan fingerprint density at radius 3 is 2.44 bits per heavy atom. The van der Waals surface area contributed by atoms with Gasteiger partial charge in [-0.2, -0.15) is 13.2 Å². The molecule has 0 spiro atoms. The maximum absolute atomic E-state index is 13.8. The van der Waals surface area contributed by atoms with Crippen molar-refractivity contribution in [2.24, 2.45) is 0 Å². The van der Waals surface area contributed by atoms with Crippen LogP contribution in [0.15, 0.2) is 41.3 Å². The predicted octanol–water partition coefficient (Wildman–Crippen LogP) is 2.72. The Morgan fingerprint density at radius 1 is 1.15 bits per heavy atom. The number of alkyl halides is 3. The second-order valence-electron chi connectivity index (χ2n) is 5.42. The fourth-order valence-corrected chi connectivity index (χ4v) is 3.28. The predicted molar refractivity (Wildman–Crippen MR) is 86.8 cm³/mol. The quantitative estimate of drug-likeness (QED) is 0.799. The molecule has 1 N–H and O–H groups in total. The maximum atomic E-state index is 13.8. The van der Waals surface area contributed by atoms with Gasteiger partial charge in [0.15, 0.2) is 0 Å². The van der Waals surface area contributed by atoms with E-state index in [2.05, 4.69) is 15.3 Å². The first-order valence-corrected chi connectivity index (χ1v) is 8.78. The molecule has 0 radical (unpaired) electrons. The Morgan fingerprint density at radius 2 is 1.85 bits per heavy atom. The molecule has 6 nitrogen and oxygen atoms in total. The molecule has 1 aromatic heterocycles. The minimum atomic E-state index is -4.88. The molecule has 11 heteroatoms. The molecule has 140 valence electrons. The molecule has 0 saturated carbocycles. The van der Waals surface area contributed by atoms with Crippen LogP contribution in [0.4, 0.5) is 23.2 Å². The first kappa shape index (κ1) is 18.8. The molecule has 27 heavy (non-hydrogen) atoms. The molecule has 2 aromatic rings. The van der Waals surface area contributed by atoms with Gasteiger partial charge in [0.1, 0.15) is 28.4 Å². The van der Waals surface area contributed by atoms with Crippen molar-refractivity contribution in [2.75, 3.05) is 11.6 Å². The Balaban J connectivity index is 2.08. The molecule has 1 heterocycles. The number of halogens is 4. The smallest absolute Gasteiger partial charge is 0.351 e. The largest absolute Gasteiger partial charge is 0.419 e. The summed E-state index contributed by atoms with van der Waals surface area (Å²) in [5.74, 6) is -3.14. The van der Waals surface area contributed by atoms with Gasteiger partial charge in [0.25, 0.3) is 0 Å². The van der Waals surface area contributed by atoms with Crippen LogP contribution in [-0.4, -0.2) is 32.0 Å². The Hall–Kier alpha value is -2.95. The van der Waals surface area contributed by atoms with Crippen LogP contribution in [0.3, 0.4) is 0 Å². The van der Waals surface area contributed by atoms with E-state index in [0.29, 0.717) is 12.1 Å². The van der Waals surface area contributed by atoms with E-state index < -0.39 is 50.5 Å². The Bertz CT molecular complexity index is 1030. The van der Waals surface area contributed by atoms with E-state index in [9.17, 15) is 31.4 Å². The second-order valence-corrected chi connectivity index (χ2v) is 6.74. The summed E-state index contributed by atoms with van der Waals surface area (Å²) in [5, 5.41) is 2.41. The molecule has 0 saturated heterocycles. The summed E-state index contributed by atoms with van der Waals surface area (Å²) in [5.41, 5.74) is -2.52. The SMILES string of the molecule is CS(=O)C1=C(Nc2ccc(C(F)(F)F)c(F)c2)C(=O)c2cncnc2C1=O. The summed E-state index contributed by atoms with van der Waals surface area (Å²) in [4.78, 5) is 32.1. The highest BCUT2D eigenvalue weighted by Gasteiger charge is 2.37. The van der Waals surface area contributed by atoms with Crippen LogP contribution >= 0.6 is 0 Å². The number of Topliss-reactive ketones (excluding diaryl/α,β-unsaturated/α-hetero) is 2. The summed E-state index contributed by atoms with van der Waals surface area (Å²) >= 11 is 0. The average molecular weight is 399 g/mol. The standard InChI is InChI=1S/C16H9F4N3O3S/c1-27(26)15-12(13(24)8-5-21-6-22-11(8)14(15)25)23-7-2-3-9(10(17)4-7)16(18,19)20/h2-6,23H,1H3. The highest BCUT2D eigenvalue weighted by atomic mass is 32.2. The van der Waals surface area contributed by atoms with Crippen molar-refractivity contribution in [2.45, 2.75) is 6.18 Å². The Labute approximate surface area is 151 Å². The molecule has 1 aliphatic rings. The van der Waals surface area contributed by atoms with Crippen molar-refractivity contribution in [1.29, 1.82) is 0 Å². The van der Waals surface area contributed by atoms with Gasteiger partial charge in [-0.05, 0) is 18.2 Å². The summed E-state index contributed by atoms with van der Waals surface area (Å²) in [6, 6.07) is 1.91. The zero-order chi connectivity index (χ0) is 19.9. The number of hydrogen-bond donors (Lipinski definition) is 1. The van der Waals surface area contributed by atoms with E-state index in [1.807, 2.05) is 0 Å². The summed E-state index contributed by atoms with van der Waals surface area (Å²) in [7, 11) is -1.93. The van der Waals surface area contributed by atoms with Crippen molar-refractivity contribution in [3.05, 3.63) is 64.0 Å². The highest BCUT2D eigenvalue weighted by Crippen LogP contribution is 2.33. The fourth-order valence-electron chi connectivity index (χ4n) is 2.49. The van der Waals surface area contributed by atoms with Crippen LogP contribution in [-0.2, 0) is 17.0 Å². The molecular weight excluding hydrogens is 390 g/mol. The van der Waals surface area contributed by atoms with Crippen LogP contribution in [0.1, 0.15) is 26.4 Å². The lowest BCUT2D eigenvalue weighted by atomic mass is 9.98. The van der Waals surface area contributed by atoms with E-state index >= 15 is 0 Å². The summed E-state index contributed by atoms with van der Waals surface area (Å²) in [6.45, 7) is 0. The van der Waals surface area contributed by atoms with Crippen molar-refractivity contribution in [1.82, 2.24) is 9.97 Å². The number of nitrogens with zero attached hydrogens (tertiary/aromatic N) is 2. The zero-order valence-electron chi connectivity index (χ0n) is 13.4. The number of benzene rings is 1. The minimum absolute atomic E-state index is 0.161. The number of carbonyl (C=O) groups excluding carboxylic acids is 2. The van der Waals surface area contributed by atoms with Gasteiger partial charge in [0.05, 0.1) is 21.9 Å². The number of fused-ring (bicyclic) bond motifs is 1. The van der Waals surface area contributed by atoms with Crippen LogP contribution in [0.2, 0.25) is 0 Å². The number of anilines is 1. The second kappa shape index (κ2) is 6.65. The van der Waals surface area contributed by atoms with Gasteiger partial charge < -0.3 is 5.32 Å². The van der Waals surface area contributed by atoms with Crippen molar-refractivity contribution in [3.8, 4) is 0 Å². The van der Waals surface area contributed by atoms with E-state index in [-0.39, 0.29) is 16.9 Å². The van der Waals surface area contributed by atoms with Crippen LogP contribution in [0.25, 0.3) is 0 Å². The number of carbonyl (C=O) groups is 2. The highest BCUT2D eigenvalue weighted by molar-refractivity contribution is 7.89. The van der Waals surface area contributed by atoms with Gasteiger partial charge in [0, 0.05) is 18.1 Å². The van der Waals surface area contributed by atoms with Gasteiger partial charge in [-0.15, -0.1) is 0 Å². The van der Waals surface area contributed by atoms with Crippen LogP contribution in [0.5, 0.6) is 0 Å². The third kappa shape index (κ3) is 3.37. The molecule has 0 aliphatic heterocycles. The van der Waals surface area contributed by atoms with E-state index in [1.165, 1.54) is 0 Å². The monoisotopic (exact) mass is 399 g/mol. The van der Waals surface area contributed by atoms with E-state index in [1.54, 1.807) is 0 Å². The first-order valence-electron chi connectivity index (χ1n) is 7.22. The van der Waals surface area contributed by atoms with Gasteiger partial charge in [-0.3, -0.25) is 13.8 Å². The number of aromatic nitrogens is 2. The van der Waals surface area contributed by atoms with Crippen molar-refractivity contribution < 1.29 is 31.4 Å². The number of allylic oxidation sites excluding steroid dienone is 2. The Kier molecular flexibility index (Phi) is 4.64. The molecular formula is C16H9F4N3O3S. The molecule has 0 amide bonds. The minimum Gasteiger partial charge on any atom is -0.351 e. The van der Waals surface area contributed by atoms with Gasteiger partial charge in [0.2, 0.25) is 11.6 Å². The topological polar surface area (TPSA) is 89.0 Å². The average Bonchev–Trinajstić information content (AvgIpc) is 2.58. The number of hydrogen-bond acceptors (Lipinski definition) is 6. The van der Waals surface area contributed by atoms with Crippen molar-refractivity contribution in [3.63, 3.8) is 0 Å². The van der Waals surface area contributed by atoms with Gasteiger partial charge >= 0.3 is 6.18 Å². The van der Waals surface area contributed by atoms with Crippen LogP contribution < -0.4 is 5.32 Å².